The van der Waals surface area contributed by atoms with Crippen molar-refractivity contribution >= 4 is 29.9 Å². The molecule has 1 saturated carbocycles. The second-order valence-electron chi connectivity index (χ2n) is 8.03. The molecule has 1 aromatic carbocycles. The zero-order valence-electron chi connectivity index (χ0n) is 18.5. The number of nitrogens with zero attached hydrogens (tertiary/aromatic N) is 4. The number of nitrogens with one attached hydrogen (secondary N) is 2. The van der Waals surface area contributed by atoms with Gasteiger partial charge in [0, 0.05) is 13.1 Å². The van der Waals surface area contributed by atoms with Gasteiger partial charge in [0.1, 0.15) is 5.82 Å². The molecule has 0 bridgehead atoms. The third-order valence-electron chi connectivity index (χ3n) is 5.34. The summed E-state index contributed by atoms with van der Waals surface area (Å²) >= 11 is 0. The molecular weight excluding hydrogens is 491 g/mol. The van der Waals surface area contributed by atoms with E-state index in [-0.39, 0.29) is 24.0 Å². The van der Waals surface area contributed by atoms with Gasteiger partial charge in [-0.3, -0.25) is 0 Å². The highest BCUT2D eigenvalue weighted by Gasteiger charge is 2.23. The summed E-state index contributed by atoms with van der Waals surface area (Å²) in [7, 11) is 1.98. The summed E-state index contributed by atoms with van der Waals surface area (Å²) in [6, 6.07) is 10.7. The van der Waals surface area contributed by atoms with Crippen LogP contribution in [0.1, 0.15) is 56.7 Å². The first-order chi connectivity index (χ1) is 14.0. The molecule has 2 N–H and O–H groups in total. The number of aryl methyl sites for hydroxylation is 1. The van der Waals surface area contributed by atoms with E-state index >= 15 is 0 Å². The van der Waals surface area contributed by atoms with Crippen molar-refractivity contribution in [3.05, 3.63) is 47.5 Å². The van der Waals surface area contributed by atoms with Crippen molar-refractivity contribution in [3.8, 4) is 0 Å². The second kappa shape index (κ2) is 12.2. The first kappa shape index (κ1) is 24.6. The molecule has 0 radical (unpaired) electrons. The Morgan fingerprint density at radius 3 is 2.47 bits per heavy atom. The van der Waals surface area contributed by atoms with Crippen LogP contribution in [0.15, 0.2) is 35.3 Å². The van der Waals surface area contributed by atoms with Gasteiger partial charge in [-0.25, -0.2) is 4.99 Å². The Hall–Kier alpha value is -1.68. The Morgan fingerprint density at radius 2 is 1.87 bits per heavy atom. The fourth-order valence-corrected chi connectivity index (χ4v) is 3.60. The van der Waals surface area contributed by atoms with E-state index in [1.807, 2.05) is 36.7 Å². The lowest BCUT2D eigenvalue weighted by atomic mass is 9.93. The molecule has 0 saturated heterocycles. The van der Waals surface area contributed by atoms with Crippen molar-refractivity contribution < 1.29 is 4.74 Å². The van der Waals surface area contributed by atoms with E-state index in [1.165, 1.54) is 5.56 Å². The normalized spacial score (nSPS) is 19.4. The number of aromatic nitrogens is 3. The molecule has 1 aromatic heterocycles. The van der Waals surface area contributed by atoms with Crippen LogP contribution in [0.4, 0.5) is 0 Å². The van der Waals surface area contributed by atoms with Crippen LogP contribution in [0.2, 0.25) is 0 Å². The lowest BCUT2D eigenvalue weighted by Crippen LogP contribution is -2.45. The molecule has 2 aromatic rings. The summed E-state index contributed by atoms with van der Waals surface area (Å²) in [5.41, 5.74) is 1.19. The number of aliphatic imine (C=N–C) groups is 1. The molecule has 1 aliphatic rings. The molecule has 7 nitrogen and oxygen atoms in total. The van der Waals surface area contributed by atoms with E-state index in [1.54, 1.807) is 0 Å². The van der Waals surface area contributed by atoms with Gasteiger partial charge in [-0.05, 0) is 52.0 Å². The first-order valence-corrected chi connectivity index (χ1v) is 10.6. The largest absolute Gasteiger partial charge is 0.376 e. The molecular formula is C22H35IN6O. The minimum Gasteiger partial charge on any atom is -0.376 e. The number of hydrogen-bond acceptors (Lipinski definition) is 4. The van der Waals surface area contributed by atoms with Crippen LogP contribution in [0, 0.1) is 6.92 Å². The van der Waals surface area contributed by atoms with Crippen LogP contribution < -0.4 is 10.6 Å². The monoisotopic (exact) mass is 526 g/mol. The average molecular weight is 526 g/mol. The van der Waals surface area contributed by atoms with E-state index in [0.29, 0.717) is 31.3 Å². The van der Waals surface area contributed by atoms with Gasteiger partial charge in [0.2, 0.25) is 0 Å². The molecule has 166 valence electrons. The van der Waals surface area contributed by atoms with Crippen molar-refractivity contribution in [1.29, 1.82) is 0 Å². The minimum absolute atomic E-state index is 0. The fraction of sp³-hybridized carbons (Fsp3) is 0.591. The topological polar surface area (TPSA) is 76.4 Å². The van der Waals surface area contributed by atoms with Crippen LogP contribution in [0.25, 0.3) is 0 Å². The highest BCUT2D eigenvalue weighted by Crippen LogP contribution is 2.22. The summed E-state index contributed by atoms with van der Waals surface area (Å²) in [6.45, 7) is 7.40. The summed E-state index contributed by atoms with van der Waals surface area (Å²) in [5, 5.41) is 15.4. The van der Waals surface area contributed by atoms with E-state index in [9.17, 15) is 0 Å². The van der Waals surface area contributed by atoms with Crippen molar-refractivity contribution in [1.82, 2.24) is 25.4 Å². The number of hydrogen-bond donors (Lipinski definition) is 2. The maximum absolute atomic E-state index is 5.98. The van der Waals surface area contributed by atoms with Gasteiger partial charge in [0.15, 0.2) is 11.8 Å². The highest BCUT2D eigenvalue weighted by atomic mass is 127. The van der Waals surface area contributed by atoms with Gasteiger partial charge in [-0.2, -0.15) is 0 Å². The maximum Gasteiger partial charge on any atom is 0.192 e. The van der Waals surface area contributed by atoms with Crippen molar-refractivity contribution in [2.45, 2.75) is 77.8 Å². The Labute approximate surface area is 197 Å². The summed E-state index contributed by atoms with van der Waals surface area (Å²) in [6.07, 6.45) is 5.03. The highest BCUT2D eigenvalue weighted by molar-refractivity contribution is 14.0. The van der Waals surface area contributed by atoms with Crippen LogP contribution in [0.3, 0.4) is 0 Å². The second-order valence-corrected chi connectivity index (χ2v) is 8.03. The van der Waals surface area contributed by atoms with Crippen molar-refractivity contribution in [2.75, 3.05) is 0 Å². The zero-order chi connectivity index (χ0) is 20.6. The molecule has 0 amide bonds. The smallest absolute Gasteiger partial charge is 0.192 e. The maximum atomic E-state index is 5.98. The molecule has 30 heavy (non-hydrogen) atoms. The van der Waals surface area contributed by atoms with E-state index in [2.05, 4.69) is 46.8 Å². The molecule has 0 atom stereocenters. The van der Waals surface area contributed by atoms with Crippen LogP contribution in [-0.2, 0) is 24.9 Å². The summed E-state index contributed by atoms with van der Waals surface area (Å²) in [5.74, 6) is 2.62. The van der Waals surface area contributed by atoms with Gasteiger partial charge in [0.25, 0.3) is 0 Å². The molecule has 1 fully saturated rings. The fourth-order valence-electron chi connectivity index (χ4n) is 3.60. The number of benzene rings is 1. The molecule has 0 spiro atoms. The van der Waals surface area contributed by atoms with Crippen LogP contribution in [0.5, 0.6) is 0 Å². The van der Waals surface area contributed by atoms with Crippen LogP contribution in [-0.4, -0.2) is 39.0 Å². The van der Waals surface area contributed by atoms with Gasteiger partial charge in [0.05, 0.1) is 25.3 Å². The van der Waals surface area contributed by atoms with E-state index < -0.39 is 0 Å². The zero-order valence-corrected chi connectivity index (χ0v) is 20.8. The molecule has 3 rings (SSSR count). The molecule has 0 unspecified atom stereocenters. The van der Waals surface area contributed by atoms with Crippen molar-refractivity contribution in [2.24, 2.45) is 12.0 Å². The standard InChI is InChI=1S/C22H34N6O.HI/c1-16(2)29-20-12-10-19(11-13-20)25-22(23-14-18-8-6-5-7-9-18)24-15-21-27-26-17(3)28(21)4;/h5-9,16,19-20H,10-15H2,1-4H3,(H2,23,24,25);1H. The Kier molecular flexibility index (Phi) is 10.0. The minimum atomic E-state index is 0. The van der Waals surface area contributed by atoms with Crippen LogP contribution >= 0.6 is 24.0 Å². The van der Waals surface area contributed by atoms with Gasteiger partial charge in [-0.15, -0.1) is 34.2 Å². The SMILES string of the molecule is Cc1nnc(CNC(=NCc2ccccc2)NC2CCC(OC(C)C)CC2)n1C.I. The summed E-state index contributed by atoms with van der Waals surface area (Å²) in [4.78, 5) is 4.81. The van der Waals surface area contributed by atoms with E-state index in [4.69, 9.17) is 9.73 Å². The first-order valence-electron chi connectivity index (χ1n) is 10.6. The summed E-state index contributed by atoms with van der Waals surface area (Å²) < 4.78 is 7.98. The van der Waals surface area contributed by atoms with Crippen molar-refractivity contribution in [3.63, 3.8) is 0 Å². The van der Waals surface area contributed by atoms with E-state index in [0.717, 1.165) is 43.3 Å². The molecule has 8 heteroatoms. The lowest BCUT2D eigenvalue weighted by molar-refractivity contribution is -0.0152. The third kappa shape index (κ3) is 7.54. The molecule has 1 heterocycles. The Morgan fingerprint density at radius 1 is 1.17 bits per heavy atom. The number of guanidine groups is 1. The van der Waals surface area contributed by atoms with Gasteiger partial charge in [-0.1, -0.05) is 30.3 Å². The Bertz CT molecular complexity index is 784. The van der Waals surface area contributed by atoms with Gasteiger partial charge >= 0.3 is 0 Å². The predicted octanol–water partition coefficient (Wildman–Crippen LogP) is 3.71. The number of ether oxygens (including phenoxy) is 1. The average Bonchev–Trinajstić information content (AvgIpc) is 3.04. The predicted molar refractivity (Wildman–Crippen MR) is 131 cm³/mol. The molecule has 1 aliphatic carbocycles. The number of rotatable bonds is 7. The lowest BCUT2D eigenvalue weighted by Gasteiger charge is -2.31. The third-order valence-corrected chi connectivity index (χ3v) is 5.34. The molecule has 0 aliphatic heterocycles. The Balaban J connectivity index is 0.00000320. The number of halogens is 1. The van der Waals surface area contributed by atoms with Gasteiger partial charge < -0.3 is 19.9 Å². The quantitative estimate of drug-likeness (QED) is 0.327.